The van der Waals surface area contributed by atoms with Crippen LogP contribution in [0.4, 0.5) is 0 Å². The first-order valence-corrected chi connectivity index (χ1v) is 7.05. The van der Waals surface area contributed by atoms with Crippen LogP contribution < -0.4 is 9.88 Å². The van der Waals surface area contributed by atoms with Crippen molar-refractivity contribution in [2.24, 2.45) is 0 Å². The summed E-state index contributed by atoms with van der Waals surface area (Å²) >= 11 is 0. The summed E-state index contributed by atoms with van der Waals surface area (Å²) in [6, 6.07) is 14.4. The molecule has 1 N–H and O–H groups in total. The Morgan fingerprint density at radius 1 is 1.10 bits per heavy atom. The van der Waals surface area contributed by atoms with Crippen molar-refractivity contribution >= 4 is 5.91 Å². The van der Waals surface area contributed by atoms with E-state index < -0.39 is 0 Å². The van der Waals surface area contributed by atoms with E-state index in [9.17, 15) is 4.79 Å². The van der Waals surface area contributed by atoms with E-state index in [4.69, 9.17) is 4.74 Å². The number of nitrogens with zero attached hydrogens (tertiary/aromatic N) is 1. The molecule has 1 aromatic heterocycles. The number of hydrogen-bond acceptors (Lipinski definition) is 2. The van der Waals surface area contributed by atoms with E-state index in [1.807, 2.05) is 35.2 Å². The number of methoxy groups -OCH3 is 1. The molecule has 0 fully saturated rings. The number of amides is 1. The summed E-state index contributed by atoms with van der Waals surface area (Å²) in [5, 5.41) is 2.80. The Morgan fingerprint density at radius 2 is 1.76 bits per heavy atom. The third kappa shape index (κ3) is 5.36. The second-order valence-electron chi connectivity index (χ2n) is 4.88. The molecular formula is C17H21N2O2+. The van der Waals surface area contributed by atoms with Crippen LogP contribution in [0.25, 0.3) is 0 Å². The molecule has 4 nitrogen and oxygen atoms in total. The maximum atomic E-state index is 11.7. The van der Waals surface area contributed by atoms with Crippen LogP contribution in [0.15, 0.2) is 54.9 Å². The number of benzene rings is 1. The Labute approximate surface area is 125 Å². The van der Waals surface area contributed by atoms with Crippen molar-refractivity contribution in [1.82, 2.24) is 5.32 Å². The van der Waals surface area contributed by atoms with Crippen LogP contribution in [0.5, 0.6) is 0 Å². The molecule has 0 saturated carbocycles. The van der Waals surface area contributed by atoms with Crippen molar-refractivity contribution in [2.45, 2.75) is 13.0 Å². The van der Waals surface area contributed by atoms with Crippen LogP contribution in [0.1, 0.15) is 11.1 Å². The number of hydrogen-bond donors (Lipinski definition) is 1. The van der Waals surface area contributed by atoms with E-state index in [0.29, 0.717) is 19.7 Å². The van der Waals surface area contributed by atoms with Gasteiger partial charge in [-0.2, -0.15) is 4.57 Å². The molecule has 2 rings (SSSR count). The zero-order chi connectivity index (χ0) is 14.9. The quantitative estimate of drug-likeness (QED) is 0.616. The average molecular weight is 285 g/mol. The predicted molar refractivity (Wildman–Crippen MR) is 80.8 cm³/mol. The summed E-state index contributed by atoms with van der Waals surface area (Å²) in [4.78, 5) is 11.7. The molecule has 1 amide bonds. The standard InChI is InChI=1S/C17H20N2O2/c1-21-12-9-18-17(20)14-19-10-7-16(8-11-19)13-15-5-3-2-4-6-15/h2-8,10-11H,9,12-14H2,1H3/p+1. The molecule has 0 radical (unpaired) electrons. The molecule has 4 heteroatoms. The largest absolute Gasteiger partial charge is 0.383 e. The van der Waals surface area contributed by atoms with E-state index in [2.05, 4.69) is 29.6 Å². The minimum Gasteiger partial charge on any atom is -0.383 e. The summed E-state index contributed by atoms with van der Waals surface area (Å²) in [5.41, 5.74) is 2.52. The predicted octanol–water partition coefficient (Wildman–Crippen LogP) is 1.33. The minimum atomic E-state index is -0.00661. The lowest BCUT2D eigenvalue weighted by molar-refractivity contribution is -0.684. The average Bonchev–Trinajstić information content (AvgIpc) is 2.51. The molecule has 0 aliphatic carbocycles. The van der Waals surface area contributed by atoms with Crippen LogP contribution >= 0.6 is 0 Å². The molecule has 110 valence electrons. The SMILES string of the molecule is COCCNC(=O)C[n+]1ccc(Cc2ccccc2)cc1. The second-order valence-corrected chi connectivity index (χ2v) is 4.88. The van der Waals surface area contributed by atoms with Crippen molar-refractivity contribution in [1.29, 1.82) is 0 Å². The molecule has 0 spiro atoms. The van der Waals surface area contributed by atoms with E-state index >= 15 is 0 Å². The number of aromatic nitrogens is 1. The third-order valence-electron chi connectivity index (χ3n) is 3.17. The van der Waals surface area contributed by atoms with Crippen LogP contribution in [-0.4, -0.2) is 26.2 Å². The zero-order valence-electron chi connectivity index (χ0n) is 12.3. The smallest absolute Gasteiger partial charge is 0.286 e. The van der Waals surface area contributed by atoms with Crippen molar-refractivity contribution in [2.75, 3.05) is 20.3 Å². The molecule has 0 aliphatic heterocycles. The van der Waals surface area contributed by atoms with Crippen molar-refractivity contribution in [3.05, 3.63) is 66.0 Å². The maximum Gasteiger partial charge on any atom is 0.286 e. The van der Waals surface area contributed by atoms with E-state index in [1.54, 1.807) is 7.11 Å². The van der Waals surface area contributed by atoms with Crippen LogP contribution in [0.3, 0.4) is 0 Å². The molecule has 0 saturated heterocycles. The molecule has 21 heavy (non-hydrogen) atoms. The monoisotopic (exact) mass is 285 g/mol. The van der Waals surface area contributed by atoms with Gasteiger partial charge in [-0.1, -0.05) is 30.3 Å². The number of rotatable bonds is 7. The van der Waals surface area contributed by atoms with Crippen molar-refractivity contribution in [3.63, 3.8) is 0 Å². The Bertz CT molecular complexity index is 553. The minimum absolute atomic E-state index is 0.00661. The number of carbonyl (C=O) groups excluding carboxylic acids is 1. The van der Waals surface area contributed by atoms with Crippen LogP contribution in [-0.2, 0) is 22.5 Å². The first kappa shape index (κ1) is 15.2. The van der Waals surface area contributed by atoms with Gasteiger partial charge in [0.05, 0.1) is 6.61 Å². The number of nitrogens with one attached hydrogen (secondary N) is 1. The van der Waals surface area contributed by atoms with Gasteiger partial charge in [0.15, 0.2) is 12.4 Å². The molecular weight excluding hydrogens is 264 g/mol. The van der Waals surface area contributed by atoms with Gasteiger partial charge in [-0.25, -0.2) is 0 Å². The fourth-order valence-corrected chi connectivity index (χ4v) is 2.06. The molecule has 0 aliphatic rings. The summed E-state index contributed by atoms with van der Waals surface area (Å²) in [7, 11) is 1.62. The lowest BCUT2D eigenvalue weighted by Gasteiger charge is -2.03. The number of ether oxygens (including phenoxy) is 1. The highest BCUT2D eigenvalue weighted by molar-refractivity contribution is 5.74. The van der Waals surface area contributed by atoms with Gasteiger partial charge in [0.25, 0.3) is 5.91 Å². The Balaban J connectivity index is 1.85. The van der Waals surface area contributed by atoms with Crippen molar-refractivity contribution < 1.29 is 14.1 Å². The van der Waals surface area contributed by atoms with Gasteiger partial charge >= 0.3 is 0 Å². The normalized spacial score (nSPS) is 10.3. The zero-order valence-corrected chi connectivity index (χ0v) is 12.3. The topological polar surface area (TPSA) is 42.2 Å². The van der Waals surface area contributed by atoms with Crippen LogP contribution in [0, 0.1) is 0 Å². The lowest BCUT2D eigenvalue weighted by Crippen LogP contribution is -2.43. The molecule has 2 aromatic rings. The molecule has 0 atom stereocenters. The molecule has 0 bridgehead atoms. The fraction of sp³-hybridized carbons (Fsp3) is 0.294. The summed E-state index contributed by atoms with van der Waals surface area (Å²) in [6.07, 6.45) is 4.78. The number of pyridine rings is 1. The van der Waals surface area contributed by atoms with E-state index in [0.717, 1.165) is 6.42 Å². The Hall–Kier alpha value is -2.20. The maximum absolute atomic E-state index is 11.7. The highest BCUT2D eigenvalue weighted by Gasteiger charge is 2.08. The van der Waals surface area contributed by atoms with Crippen molar-refractivity contribution in [3.8, 4) is 0 Å². The Morgan fingerprint density at radius 3 is 2.43 bits per heavy atom. The highest BCUT2D eigenvalue weighted by Crippen LogP contribution is 2.06. The number of carbonyl (C=O) groups is 1. The van der Waals surface area contributed by atoms with Crippen LogP contribution in [0.2, 0.25) is 0 Å². The molecule has 1 aromatic carbocycles. The third-order valence-corrected chi connectivity index (χ3v) is 3.17. The van der Waals surface area contributed by atoms with Gasteiger partial charge in [-0.15, -0.1) is 0 Å². The van der Waals surface area contributed by atoms with Gasteiger partial charge < -0.3 is 10.1 Å². The molecule has 0 unspecified atom stereocenters. The van der Waals surface area contributed by atoms with E-state index in [1.165, 1.54) is 11.1 Å². The lowest BCUT2D eigenvalue weighted by atomic mass is 10.1. The van der Waals surface area contributed by atoms with Gasteiger partial charge in [-0.05, 0) is 17.5 Å². The first-order valence-electron chi connectivity index (χ1n) is 7.05. The summed E-state index contributed by atoms with van der Waals surface area (Å²) in [5.74, 6) is -0.00661. The Kier molecular flexibility index (Phi) is 5.91. The van der Waals surface area contributed by atoms with Gasteiger partial charge in [-0.3, -0.25) is 4.79 Å². The fourth-order valence-electron chi connectivity index (χ4n) is 2.06. The van der Waals surface area contributed by atoms with Gasteiger partial charge in [0, 0.05) is 25.8 Å². The summed E-state index contributed by atoms with van der Waals surface area (Å²) in [6.45, 7) is 1.41. The molecule has 1 heterocycles. The van der Waals surface area contributed by atoms with Gasteiger partial charge in [0.2, 0.25) is 6.54 Å². The summed E-state index contributed by atoms with van der Waals surface area (Å²) < 4.78 is 6.76. The van der Waals surface area contributed by atoms with Gasteiger partial charge in [0.1, 0.15) is 0 Å². The second kappa shape index (κ2) is 8.17. The first-order chi connectivity index (χ1) is 10.3. The highest BCUT2D eigenvalue weighted by atomic mass is 16.5. The van der Waals surface area contributed by atoms with E-state index in [-0.39, 0.29) is 5.91 Å².